The fourth-order valence-corrected chi connectivity index (χ4v) is 1.32. The highest BCUT2D eigenvalue weighted by Gasteiger charge is 2.06. The molecule has 70 valence electrons. The topological polar surface area (TPSA) is 49.3 Å². The second-order valence-corrected chi connectivity index (χ2v) is 2.97. The van der Waals surface area contributed by atoms with E-state index >= 15 is 0 Å². The van der Waals surface area contributed by atoms with Crippen LogP contribution in [0.3, 0.4) is 0 Å². The van der Waals surface area contributed by atoms with E-state index < -0.39 is 5.97 Å². The van der Waals surface area contributed by atoms with Crippen LogP contribution in [-0.2, 0) is 0 Å². The lowest BCUT2D eigenvalue weighted by Crippen LogP contribution is -1.98. The highest BCUT2D eigenvalue weighted by Crippen LogP contribution is 2.21. The van der Waals surface area contributed by atoms with Gasteiger partial charge >= 0.3 is 5.97 Å². The molecule has 0 aromatic heterocycles. The molecule has 0 amide bonds. The molecule has 1 aromatic carbocycles. The molecule has 1 aromatic rings. The van der Waals surface area contributed by atoms with E-state index in [1.165, 1.54) is 0 Å². The van der Waals surface area contributed by atoms with E-state index in [0.717, 1.165) is 11.3 Å². The van der Waals surface area contributed by atoms with E-state index in [1.54, 1.807) is 18.2 Å². The summed E-state index contributed by atoms with van der Waals surface area (Å²) in [4.78, 5) is 10.7. The van der Waals surface area contributed by atoms with Crippen molar-refractivity contribution in [2.45, 2.75) is 0 Å². The number of carbonyl (C=O) groups is 1. The average molecular weight is 187 g/mol. The third-order valence-electron chi connectivity index (χ3n) is 2.02. The first-order valence-electron chi connectivity index (χ1n) is 4.24. The lowest BCUT2D eigenvalue weighted by molar-refractivity contribution is 0.0697. The summed E-state index contributed by atoms with van der Waals surface area (Å²) in [6.45, 7) is 0. The van der Waals surface area contributed by atoms with Gasteiger partial charge in [-0.2, -0.15) is 0 Å². The van der Waals surface area contributed by atoms with Crippen molar-refractivity contribution in [3.63, 3.8) is 0 Å². The molecule has 2 rings (SSSR count). The van der Waals surface area contributed by atoms with Gasteiger partial charge in [-0.1, -0.05) is 12.2 Å². The van der Waals surface area contributed by atoms with Gasteiger partial charge in [-0.25, -0.2) is 4.79 Å². The molecule has 1 heterocycles. The van der Waals surface area contributed by atoms with E-state index in [4.69, 9.17) is 5.11 Å². The third-order valence-corrected chi connectivity index (χ3v) is 2.02. The fraction of sp³-hybridized carbons (Fsp3) is 0. The molecule has 1 aliphatic rings. The molecule has 1 aliphatic heterocycles. The highest BCUT2D eigenvalue weighted by atomic mass is 16.4. The number of anilines is 1. The Morgan fingerprint density at radius 3 is 2.93 bits per heavy atom. The zero-order valence-corrected chi connectivity index (χ0v) is 7.40. The van der Waals surface area contributed by atoms with Gasteiger partial charge in [0.05, 0.1) is 5.56 Å². The fourth-order valence-electron chi connectivity index (χ4n) is 1.32. The largest absolute Gasteiger partial charge is 0.478 e. The van der Waals surface area contributed by atoms with Crippen LogP contribution in [0.5, 0.6) is 0 Å². The van der Waals surface area contributed by atoms with Gasteiger partial charge in [0.2, 0.25) is 0 Å². The van der Waals surface area contributed by atoms with Crippen LogP contribution in [0.4, 0.5) is 5.69 Å². The molecular formula is C11H9NO2. The van der Waals surface area contributed by atoms with Crippen molar-refractivity contribution in [3.8, 4) is 0 Å². The normalized spacial score (nSPS) is 12.9. The van der Waals surface area contributed by atoms with Crippen LogP contribution in [0.1, 0.15) is 15.9 Å². The smallest absolute Gasteiger partial charge is 0.335 e. The van der Waals surface area contributed by atoms with Crippen LogP contribution in [0, 0.1) is 0 Å². The molecule has 0 radical (unpaired) electrons. The molecule has 0 bridgehead atoms. The molecule has 0 atom stereocenters. The molecule has 0 saturated heterocycles. The number of fused-ring (bicyclic) bond motifs is 1. The molecule has 3 heteroatoms. The first-order valence-corrected chi connectivity index (χ1v) is 4.24. The van der Waals surface area contributed by atoms with Crippen molar-refractivity contribution < 1.29 is 9.90 Å². The second kappa shape index (κ2) is 3.38. The number of benzene rings is 1. The van der Waals surface area contributed by atoms with E-state index in [1.807, 2.05) is 24.4 Å². The summed E-state index contributed by atoms with van der Waals surface area (Å²) in [6, 6.07) is 4.99. The van der Waals surface area contributed by atoms with Gasteiger partial charge in [-0.15, -0.1) is 0 Å². The minimum Gasteiger partial charge on any atom is -0.478 e. The molecular weight excluding hydrogens is 178 g/mol. The van der Waals surface area contributed by atoms with Crippen molar-refractivity contribution in [2.75, 3.05) is 5.32 Å². The number of allylic oxidation sites excluding steroid dienone is 2. The van der Waals surface area contributed by atoms with Crippen LogP contribution in [0.2, 0.25) is 0 Å². The van der Waals surface area contributed by atoms with Gasteiger partial charge < -0.3 is 10.4 Å². The van der Waals surface area contributed by atoms with Crippen molar-refractivity contribution in [1.82, 2.24) is 0 Å². The Morgan fingerprint density at radius 2 is 2.14 bits per heavy atom. The van der Waals surface area contributed by atoms with Crippen molar-refractivity contribution in [2.24, 2.45) is 0 Å². The summed E-state index contributed by atoms with van der Waals surface area (Å²) in [6.07, 6.45) is 7.41. The predicted molar refractivity (Wildman–Crippen MR) is 55.2 cm³/mol. The number of hydrogen-bond donors (Lipinski definition) is 2. The Balaban J connectivity index is 2.49. The van der Waals surface area contributed by atoms with Gasteiger partial charge in [0, 0.05) is 11.9 Å². The Hall–Kier alpha value is -2.03. The van der Waals surface area contributed by atoms with Crippen LogP contribution in [0.15, 0.2) is 36.6 Å². The Bertz CT molecular complexity index is 433. The predicted octanol–water partition coefficient (Wildman–Crippen LogP) is 2.34. The maximum Gasteiger partial charge on any atom is 0.335 e. The lowest BCUT2D eigenvalue weighted by atomic mass is 10.1. The first kappa shape index (κ1) is 8.56. The van der Waals surface area contributed by atoms with E-state index in [2.05, 4.69) is 5.32 Å². The number of carboxylic acid groups (broad SMARTS) is 1. The third kappa shape index (κ3) is 1.52. The first-order chi connectivity index (χ1) is 6.77. The van der Waals surface area contributed by atoms with Gasteiger partial charge in [-0.05, 0) is 29.8 Å². The molecule has 0 fully saturated rings. The van der Waals surface area contributed by atoms with Crippen LogP contribution in [0.25, 0.3) is 6.08 Å². The Morgan fingerprint density at radius 1 is 1.29 bits per heavy atom. The zero-order chi connectivity index (χ0) is 9.97. The number of carboxylic acids is 1. The molecule has 14 heavy (non-hydrogen) atoms. The molecule has 2 N–H and O–H groups in total. The zero-order valence-electron chi connectivity index (χ0n) is 7.40. The summed E-state index contributed by atoms with van der Waals surface area (Å²) in [5.74, 6) is -0.904. The number of hydrogen-bond acceptors (Lipinski definition) is 2. The summed E-state index contributed by atoms with van der Waals surface area (Å²) in [5, 5.41) is 11.9. The summed E-state index contributed by atoms with van der Waals surface area (Å²) in [5.41, 5.74) is 2.10. The van der Waals surface area contributed by atoms with Crippen molar-refractivity contribution in [3.05, 3.63) is 47.7 Å². The monoisotopic (exact) mass is 187 g/mol. The van der Waals surface area contributed by atoms with Crippen molar-refractivity contribution >= 4 is 17.7 Å². The van der Waals surface area contributed by atoms with Gasteiger partial charge in [0.15, 0.2) is 0 Å². The number of aromatic carboxylic acids is 1. The minimum atomic E-state index is -0.904. The summed E-state index contributed by atoms with van der Waals surface area (Å²) < 4.78 is 0. The molecule has 0 saturated carbocycles. The SMILES string of the molecule is O=C(O)c1ccc2c(c1)C=CC=CN2. The summed E-state index contributed by atoms with van der Waals surface area (Å²) >= 11 is 0. The Kier molecular flexibility index (Phi) is 2.07. The molecule has 0 spiro atoms. The maximum atomic E-state index is 10.7. The minimum absolute atomic E-state index is 0.303. The van der Waals surface area contributed by atoms with E-state index in [-0.39, 0.29) is 0 Å². The average Bonchev–Trinajstić information content (AvgIpc) is 2.41. The number of rotatable bonds is 1. The molecule has 3 nitrogen and oxygen atoms in total. The van der Waals surface area contributed by atoms with Gasteiger partial charge in [0.1, 0.15) is 0 Å². The quantitative estimate of drug-likeness (QED) is 0.709. The van der Waals surface area contributed by atoms with E-state index in [9.17, 15) is 4.79 Å². The molecule has 0 aliphatic carbocycles. The number of nitrogens with one attached hydrogen (secondary N) is 1. The van der Waals surface area contributed by atoms with Gasteiger partial charge in [-0.3, -0.25) is 0 Å². The highest BCUT2D eigenvalue weighted by molar-refractivity contribution is 5.90. The second-order valence-electron chi connectivity index (χ2n) is 2.97. The van der Waals surface area contributed by atoms with E-state index in [0.29, 0.717) is 5.56 Å². The summed E-state index contributed by atoms with van der Waals surface area (Å²) in [7, 11) is 0. The standard InChI is InChI=1S/C11H9NO2/c13-11(14)9-4-5-10-8(7-9)3-1-2-6-12-10/h1-7,12H,(H,13,14). The van der Waals surface area contributed by atoms with Crippen molar-refractivity contribution in [1.29, 1.82) is 0 Å². The van der Waals surface area contributed by atoms with Crippen LogP contribution < -0.4 is 5.32 Å². The lowest BCUT2D eigenvalue weighted by Gasteiger charge is -2.05. The van der Waals surface area contributed by atoms with Crippen LogP contribution in [-0.4, -0.2) is 11.1 Å². The maximum absolute atomic E-state index is 10.7. The van der Waals surface area contributed by atoms with Crippen LogP contribution >= 0.6 is 0 Å². The Labute approximate surface area is 81.4 Å². The van der Waals surface area contributed by atoms with Gasteiger partial charge in [0.25, 0.3) is 0 Å². The molecule has 0 unspecified atom stereocenters.